The van der Waals surface area contributed by atoms with E-state index in [0.717, 1.165) is 37.5 Å². The van der Waals surface area contributed by atoms with Crippen LogP contribution in [-0.2, 0) is 26.6 Å². The van der Waals surface area contributed by atoms with E-state index in [1.807, 2.05) is 18.7 Å². The third-order valence-corrected chi connectivity index (χ3v) is 4.86. The van der Waals surface area contributed by atoms with Crippen molar-refractivity contribution in [3.63, 3.8) is 0 Å². The van der Waals surface area contributed by atoms with Gasteiger partial charge in [0, 0.05) is 44.4 Å². The minimum atomic E-state index is 0.631. The molecule has 4 heterocycles. The minimum Gasteiger partial charge on any atom is -0.440 e. The zero-order valence-corrected chi connectivity index (χ0v) is 13.6. The van der Waals surface area contributed by atoms with Crippen molar-refractivity contribution < 1.29 is 4.42 Å². The van der Waals surface area contributed by atoms with Gasteiger partial charge in [0.15, 0.2) is 5.69 Å². The number of aromatic nitrogens is 3. The van der Waals surface area contributed by atoms with Crippen LogP contribution in [0.5, 0.6) is 0 Å². The molecule has 0 saturated carbocycles. The minimum absolute atomic E-state index is 0.631. The van der Waals surface area contributed by atoms with E-state index in [0.29, 0.717) is 5.89 Å². The van der Waals surface area contributed by atoms with E-state index in [-0.39, 0.29) is 0 Å². The third-order valence-electron chi connectivity index (χ3n) is 4.13. The van der Waals surface area contributed by atoms with Gasteiger partial charge in [-0.25, -0.2) is 4.98 Å². The van der Waals surface area contributed by atoms with E-state index < -0.39 is 0 Å². The van der Waals surface area contributed by atoms with Gasteiger partial charge in [0.1, 0.15) is 5.76 Å². The van der Waals surface area contributed by atoms with Crippen LogP contribution in [0.3, 0.4) is 0 Å². The van der Waals surface area contributed by atoms with Gasteiger partial charge in [-0.05, 0) is 29.3 Å². The van der Waals surface area contributed by atoms with Crippen LogP contribution in [0.15, 0.2) is 27.4 Å². The molecule has 0 spiro atoms. The number of fused-ring (bicyclic) bond motifs is 1. The first-order valence-corrected chi connectivity index (χ1v) is 8.36. The van der Waals surface area contributed by atoms with Crippen LogP contribution in [0.1, 0.15) is 22.6 Å². The monoisotopic (exact) mass is 314 g/mol. The molecule has 0 N–H and O–H groups in total. The maximum absolute atomic E-state index is 5.69. The number of thiophene rings is 1. The van der Waals surface area contributed by atoms with Gasteiger partial charge in [-0.1, -0.05) is 0 Å². The summed E-state index contributed by atoms with van der Waals surface area (Å²) in [6.45, 7) is 4.86. The van der Waals surface area contributed by atoms with E-state index in [9.17, 15) is 0 Å². The lowest BCUT2D eigenvalue weighted by molar-refractivity contribution is 0.243. The van der Waals surface area contributed by atoms with Crippen molar-refractivity contribution >= 4 is 11.3 Å². The Morgan fingerprint density at radius 1 is 1.41 bits per heavy atom. The zero-order chi connectivity index (χ0) is 15.1. The molecule has 1 aliphatic rings. The normalized spacial score (nSPS) is 15.2. The predicted octanol–water partition coefficient (Wildman–Crippen LogP) is 3.00. The van der Waals surface area contributed by atoms with Crippen LogP contribution in [0.25, 0.3) is 11.6 Å². The summed E-state index contributed by atoms with van der Waals surface area (Å²) in [5.74, 6) is 1.45. The third kappa shape index (κ3) is 2.38. The number of aryl methyl sites for hydroxylation is 2. The SMILES string of the molecule is Cc1cnc(-c2nn(C)c3c2CN(Cc2ccsc2)CC3)o1. The lowest BCUT2D eigenvalue weighted by Crippen LogP contribution is -2.30. The standard InChI is InChI=1S/C16H18N4OS/c1-11-7-17-16(21-11)15-13-9-20(8-12-4-6-22-10-12)5-3-14(13)19(2)18-15/h4,6-7,10H,3,5,8-9H2,1-2H3. The highest BCUT2D eigenvalue weighted by atomic mass is 32.1. The van der Waals surface area contributed by atoms with E-state index in [1.165, 1.54) is 16.8 Å². The fraction of sp³-hybridized carbons (Fsp3) is 0.375. The Labute approximate surface area is 133 Å². The lowest BCUT2D eigenvalue weighted by atomic mass is 10.0. The maximum atomic E-state index is 5.69. The fourth-order valence-corrected chi connectivity index (χ4v) is 3.72. The predicted molar refractivity (Wildman–Crippen MR) is 85.6 cm³/mol. The second kappa shape index (κ2) is 5.37. The van der Waals surface area contributed by atoms with Gasteiger partial charge in [-0.15, -0.1) is 0 Å². The molecule has 0 amide bonds. The molecule has 0 atom stereocenters. The van der Waals surface area contributed by atoms with Crippen LogP contribution in [0, 0.1) is 6.92 Å². The molecule has 3 aromatic rings. The number of nitrogens with zero attached hydrogens (tertiary/aromatic N) is 4. The Hall–Kier alpha value is -1.92. The van der Waals surface area contributed by atoms with E-state index in [2.05, 4.69) is 31.8 Å². The molecular weight excluding hydrogens is 296 g/mol. The Kier molecular flexibility index (Phi) is 3.35. The molecule has 0 unspecified atom stereocenters. The highest BCUT2D eigenvalue weighted by molar-refractivity contribution is 7.07. The van der Waals surface area contributed by atoms with Gasteiger partial charge >= 0.3 is 0 Å². The summed E-state index contributed by atoms with van der Waals surface area (Å²) in [7, 11) is 2.01. The van der Waals surface area contributed by atoms with E-state index in [1.54, 1.807) is 17.5 Å². The summed E-state index contributed by atoms with van der Waals surface area (Å²) in [5.41, 5.74) is 4.82. The quantitative estimate of drug-likeness (QED) is 0.745. The number of hydrogen-bond donors (Lipinski definition) is 0. The molecule has 6 heteroatoms. The Morgan fingerprint density at radius 3 is 3.05 bits per heavy atom. The molecule has 0 aromatic carbocycles. The number of hydrogen-bond acceptors (Lipinski definition) is 5. The van der Waals surface area contributed by atoms with Gasteiger partial charge in [-0.3, -0.25) is 9.58 Å². The summed E-state index contributed by atoms with van der Waals surface area (Å²) in [5, 5.41) is 9.00. The zero-order valence-electron chi connectivity index (χ0n) is 12.7. The second-order valence-corrected chi connectivity index (χ2v) is 6.55. The molecule has 1 aliphatic heterocycles. The molecule has 22 heavy (non-hydrogen) atoms. The van der Waals surface area contributed by atoms with Gasteiger partial charge in [0.25, 0.3) is 0 Å². The first kappa shape index (κ1) is 13.7. The highest BCUT2D eigenvalue weighted by Gasteiger charge is 2.26. The maximum Gasteiger partial charge on any atom is 0.247 e. The van der Waals surface area contributed by atoms with Crippen LogP contribution >= 0.6 is 11.3 Å². The summed E-state index contributed by atoms with van der Waals surface area (Å²) >= 11 is 1.75. The first-order chi connectivity index (χ1) is 10.7. The van der Waals surface area contributed by atoms with Crippen molar-refractivity contribution in [3.8, 4) is 11.6 Å². The average Bonchev–Trinajstić information content (AvgIpc) is 3.21. The lowest BCUT2D eigenvalue weighted by Gasteiger charge is -2.27. The largest absolute Gasteiger partial charge is 0.440 e. The van der Waals surface area contributed by atoms with Crippen LogP contribution in [0.4, 0.5) is 0 Å². The van der Waals surface area contributed by atoms with Gasteiger partial charge < -0.3 is 4.42 Å². The molecule has 0 radical (unpaired) electrons. The molecule has 114 valence electrons. The summed E-state index contributed by atoms with van der Waals surface area (Å²) in [6, 6.07) is 2.20. The van der Waals surface area contributed by atoms with Crippen LogP contribution < -0.4 is 0 Å². The Bertz CT molecular complexity index is 787. The average molecular weight is 314 g/mol. The van der Waals surface area contributed by atoms with E-state index in [4.69, 9.17) is 4.42 Å². The van der Waals surface area contributed by atoms with Crippen molar-refractivity contribution in [2.24, 2.45) is 7.05 Å². The number of oxazole rings is 1. The molecule has 4 rings (SSSR count). The van der Waals surface area contributed by atoms with Gasteiger partial charge in [0.05, 0.1) is 6.20 Å². The molecule has 0 aliphatic carbocycles. The topological polar surface area (TPSA) is 47.1 Å². The molecular formula is C16H18N4OS. The molecule has 0 bridgehead atoms. The number of rotatable bonds is 3. The van der Waals surface area contributed by atoms with Gasteiger partial charge in [-0.2, -0.15) is 16.4 Å². The van der Waals surface area contributed by atoms with Gasteiger partial charge in [0.2, 0.25) is 5.89 Å². The molecule has 3 aromatic heterocycles. The Morgan fingerprint density at radius 2 is 2.32 bits per heavy atom. The highest BCUT2D eigenvalue weighted by Crippen LogP contribution is 2.30. The molecule has 0 saturated heterocycles. The van der Waals surface area contributed by atoms with Crippen molar-refractivity contribution in [2.75, 3.05) is 6.54 Å². The second-order valence-electron chi connectivity index (χ2n) is 5.77. The van der Waals surface area contributed by atoms with Crippen LogP contribution in [-0.4, -0.2) is 26.2 Å². The smallest absolute Gasteiger partial charge is 0.247 e. The summed E-state index contributed by atoms with van der Waals surface area (Å²) in [4.78, 5) is 6.81. The van der Waals surface area contributed by atoms with Crippen LogP contribution in [0.2, 0.25) is 0 Å². The van der Waals surface area contributed by atoms with Crippen molar-refractivity contribution in [3.05, 3.63) is 45.6 Å². The Balaban J connectivity index is 1.65. The fourth-order valence-electron chi connectivity index (χ4n) is 3.06. The van der Waals surface area contributed by atoms with Crippen molar-refractivity contribution in [1.29, 1.82) is 0 Å². The van der Waals surface area contributed by atoms with E-state index >= 15 is 0 Å². The van der Waals surface area contributed by atoms with Crippen molar-refractivity contribution in [2.45, 2.75) is 26.4 Å². The molecule has 5 nitrogen and oxygen atoms in total. The van der Waals surface area contributed by atoms with Crippen molar-refractivity contribution in [1.82, 2.24) is 19.7 Å². The molecule has 0 fully saturated rings. The first-order valence-electron chi connectivity index (χ1n) is 7.41. The summed E-state index contributed by atoms with van der Waals surface area (Å²) in [6.07, 6.45) is 2.77. The summed E-state index contributed by atoms with van der Waals surface area (Å²) < 4.78 is 7.66.